The number of fused-ring (bicyclic) bond motifs is 2. The van der Waals surface area contributed by atoms with E-state index in [1.165, 1.54) is 28.0 Å². The standard InChI is InChI=1S/C45H41N5O3S2/c1-45(2,3)31-21-22-35-36(26-46)44(55-39(35)24-31)50-43(53)40(28-13-6-4-7-14-28)54-33-18-12-17-32(25-33)48-42(52)38(49-41(51)29-15-8-5-9-16-29)23-30-27-47-37-20-11-10-19-34(30)37/h4-20,23,25,27,31,40,47H,21-22,24H2,1-3H3,(H,48,52)(H,49,51)(H,50,53)/b38-23-. The molecule has 6 aromatic rings. The van der Waals surface area contributed by atoms with Crippen LogP contribution >= 0.6 is 23.1 Å². The van der Waals surface area contributed by atoms with Crippen LogP contribution < -0.4 is 16.0 Å². The Morgan fingerprint density at radius 3 is 2.40 bits per heavy atom. The molecule has 4 aromatic carbocycles. The summed E-state index contributed by atoms with van der Waals surface area (Å²) in [6.45, 7) is 6.78. The second-order valence-corrected chi connectivity index (χ2v) is 17.0. The molecule has 2 heterocycles. The Labute approximate surface area is 329 Å². The van der Waals surface area contributed by atoms with Crippen molar-refractivity contribution >= 4 is 68.5 Å². The summed E-state index contributed by atoms with van der Waals surface area (Å²) in [5.74, 6) is -0.647. The quantitative estimate of drug-likeness (QED) is 0.0816. The lowest BCUT2D eigenvalue weighted by Gasteiger charge is -2.33. The van der Waals surface area contributed by atoms with Crippen molar-refractivity contribution in [3.05, 3.63) is 154 Å². The first kappa shape index (κ1) is 37.4. The number of nitrogens with one attached hydrogen (secondary N) is 4. The maximum Gasteiger partial charge on any atom is 0.272 e. The average Bonchev–Trinajstić information content (AvgIpc) is 3.76. The highest BCUT2D eigenvalue weighted by atomic mass is 32.2. The molecule has 0 radical (unpaired) electrons. The summed E-state index contributed by atoms with van der Waals surface area (Å²) in [7, 11) is 0. The summed E-state index contributed by atoms with van der Waals surface area (Å²) in [6.07, 6.45) is 6.20. The van der Waals surface area contributed by atoms with E-state index in [2.05, 4.69) is 47.8 Å². The Balaban J connectivity index is 1.13. The number of thioether (sulfide) groups is 1. The number of hydrogen-bond donors (Lipinski definition) is 4. The Kier molecular flexibility index (Phi) is 11.0. The largest absolute Gasteiger partial charge is 0.361 e. The lowest BCUT2D eigenvalue weighted by Crippen LogP contribution is -2.30. The van der Waals surface area contributed by atoms with Crippen molar-refractivity contribution in [1.29, 1.82) is 5.26 Å². The number of aromatic amines is 1. The van der Waals surface area contributed by atoms with E-state index < -0.39 is 17.1 Å². The Bertz CT molecular complexity index is 2440. The fourth-order valence-corrected chi connectivity index (χ4v) is 9.27. The maximum atomic E-state index is 14.2. The smallest absolute Gasteiger partial charge is 0.272 e. The van der Waals surface area contributed by atoms with E-state index in [1.807, 2.05) is 78.9 Å². The van der Waals surface area contributed by atoms with Gasteiger partial charge in [0.05, 0.1) is 5.56 Å². The first-order valence-corrected chi connectivity index (χ1v) is 19.9. The average molecular weight is 764 g/mol. The molecule has 0 spiro atoms. The number of benzene rings is 4. The van der Waals surface area contributed by atoms with Gasteiger partial charge in [0.25, 0.3) is 11.8 Å². The number of para-hydroxylation sites is 1. The normalized spacial score (nSPS) is 14.7. The van der Waals surface area contributed by atoms with Crippen LogP contribution in [0, 0.1) is 22.7 Å². The van der Waals surface area contributed by atoms with E-state index in [4.69, 9.17) is 0 Å². The van der Waals surface area contributed by atoms with Gasteiger partial charge in [0.15, 0.2) is 0 Å². The fraction of sp³-hybridized carbons (Fsp3) is 0.200. The van der Waals surface area contributed by atoms with Gasteiger partial charge in [-0.25, -0.2) is 0 Å². The van der Waals surface area contributed by atoms with Crippen LogP contribution in [-0.4, -0.2) is 22.7 Å². The molecule has 4 N–H and O–H groups in total. The van der Waals surface area contributed by atoms with Gasteiger partial charge < -0.3 is 20.9 Å². The minimum Gasteiger partial charge on any atom is -0.361 e. The summed E-state index contributed by atoms with van der Waals surface area (Å²) in [4.78, 5) is 46.5. The van der Waals surface area contributed by atoms with Crippen LogP contribution in [0.4, 0.5) is 10.7 Å². The second-order valence-electron chi connectivity index (χ2n) is 14.7. The number of nitriles is 1. The number of carbonyl (C=O) groups excluding carboxylic acids is 3. The molecule has 1 aliphatic carbocycles. The van der Waals surface area contributed by atoms with Crippen molar-refractivity contribution in [2.75, 3.05) is 10.6 Å². The first-order valence-electron chi connectivity index (χ1n) is 18.2. The van der Waals surface area contributed by atoms with Crippen LogP contribution in [-0.2, 0) is 22.4 Å². The number of rotatable bonds is 10. The maximum absolute atomic E-state index is 14.2. The van der Waals surface area contributed by atoms with Gasteiger partial charge >= 0.3 is 0 Å². The summed E-state index contributed by atoms with van der Waals surface area (Å²) in [5.41, 5.74) is 5.23. The van der Waals surface area contributed by atoms with Crippen LogP contribution in [0.15, 0.2) is 126 Å². The van der Waals surface area contributed by atoms with Crippen molar-refractivity contribution in [2.24, 2.45) is 11.3 Å². The van der Waals surface area contributed by atoms with E-state index in [1.54, 1.807) is 42.6 Å². The highest BCUT2D eigenvalue weighted by Gasteiger charge is 2.33. The topological polar surface area (TPSA) is 127 Å². The summed E-state index contributed by atoms with van der Waals surface area (Å²) in [6, 6.07) is 35.7. The number of hydrogen-bond acceptors (Lipinski definition) is 6. The lowest BCUT2D eigenvalue weighted by molar-refractivity contribution is -0.116. The third kappa shape index (κ3) is 8.59. The molecule has 7 rings (SSSR count). The Hall–Kier alpha value is -5.89. The zero-order valence-electron chi connectivity index (χ0n) is 30.8. The van der Waals surface area contributed by atoms with Crippen LogP contribution in [0.1, 0.15) is 69.9 Å². The minimum atomic E-state index is -0.650. The predicted molar refractivity (Wildman–Crippen MR) is 223 cm³/mol. The number of amides is 3. The highest BCUT2D eigenvalue weighted by Crippen LogP contribution is 2.45. The molecule has 0 saturated carbocycles. The SMILES string of the molecule is CC(C)(C)C1CCc2c(sc(NC(=O)C(Sc3cccc(NC(=O)/C(=C/c4c[nH]c5ccccc45)NC(=O)c4ccccc4)c3)c3ccccc3)c2C#N)C1. The third-order valence-electron chi connectivity index (χ3n) is 9.97. The zero-order chi connectivity index (χ0) is 38.5. The van der Waals surface area contributed by atoms with E-state index in [-0.39, 0.29) is 17.0 Å². The number of thiophene rings is 1. The van der Waals surface area contributed by atoms with Crippen LogP contribution in [0.3, 0.4) is 0 Å². The van der Waals surface area contributed by atoms with Crippen LogP contribution in [0.5, 0.6) is 0 Å². The molecule has 0 bridgehead atoms. The number of anilines is 2. The molecule has 0 fully saturated rings. The summed E-state index contributed by atoms with van der Waals surface area (Å²) in [5, 5.41) is 20.0. The van der Waals surface area contributed by atoms with Crippen molar-refractivity contribution in [1.82, 2.24) is 10.3 Å². The zero-order valence-corrected chi connectivity index (χ0v) is 32.4. The van der Waals surface area contributed by atoms with Crippen molar-refractivity contribution in [3.8, 4) is 6.07 Å². The first-order chi connectivity index (χ1) is 26.6. The molecular weight excluding hydrogens is 723 g/mol. The molecule has 10 heteroatoms. The van der Waals surface area contributed by atoms with Gasteiger partial charge in [0, 0.05) is 43.7 Å². The Morgan fingerprint density at radius 1 is 0.927 bits per heavy atom. The molecule has 2 unspecified atom stereocenters. The second kappa shape index (κ2) is 16.2. The van der Waals surface area contributed by atoms with Crippen molar-refractivity contribution in [3.63, 3.8) is 0 Å². The van der Waals surface area contributed by atoms with Gasteiger partial charge in [0.2, 0.25) is 5.91 Å². The minimum absolute atomic E-state index is 0.0685. The van der Waals surface area contributed by atoms with E-state index in [9.17, 15) is 19.6 Å². The molecule has 0 saturated heterocycles. The highest BCUT2D eigenvalue weighted by molar-refractivity contribution is 8.00. The molecule has 55 heavy (non-hydrogen) atoms. The molecular formula is C45H41N5O3S2. The fourth-order valence-electron chi connectivity index (χ4n) is 6.90. The van der Waals surface area contributed by atoms with Gasteiger partial charge in [-0.3, -0.25) is 14.4 Å². The van der Waals surface area contributed by atoms with E-state index >= 15 is 0 Å². The molecule has 8 nitrogen and oxygen atoms in total. The number of carbonyl (C=O) groups is 3. The Morgan fingerprint density at radius 2 is 1.65 bits per heavy atom. The molecule has 2 atom stereocenters. The van der Waals surface area contributed by atoms with Gasteiger partial charge in [0.1, 0.15) is 22.0 Å². The predicted octanol–water partition coefficient (Wildman–Crippen LogP) is 10.1. The molecule has 276 valence electrons. The van der Waals surface area contributed by atoms with Crippen molar-refractivity contribution < 1.29 is 14.4 Å². The molecule has 3 amide bonds. The van der Waals surface area contributed by atoms with Crippen LogP contribution in [0.2, 0.25) is 0 Å². The third-order valence-corrected chi connectivity index (χ3v) is 12.4. The van der Waals surface area contributed by atoms with Crippen LogP contribution in [0.25, 0.3) is 17.0 Å². The van der Waals surface area contributed by atoms with E-state index in [0.29, 0.717) is 27.7 Å². The van der Waals surface area contributed by atoms with Gasteiger partial charge in [-0.2, -0.15) is 5.26 Å². The van der Waals surface area contributed by atoms with Gasteiger partial charge in [-0.15, -0.1) is 23.1 Å². The van der Waals surface area contributed by atoms with Gasteiger partial charge in [-0.1, -0.05) is 93.6 Å². The van der Waals surface area contributed by atoms with Crippen molar-refractivity contribution in [2.45, 2.75) is 50.2 Å². The van der Waals surface area contributed by atoms with Gasteiger partial charge in [-0.05, 0) is 84.2 Å². The number of nitrogens with zero attached hydrogens (tertiary/aromatic N) is 1. The van der Waals surface area contributed by atoms with E-state index in [0.717, 1.165) is 51.8 Å². The molecule has 1 aliphatic rings. The monoisotopic (exact) mass is 763 g/mol. The molecule has 0 aliphatic heterocycles. The number of H-pyrrole nitrogens is 1. The summed E-state index contributed by atoms with van der Waals surface area (Å²) < 4.78 is 0. The lowest BCUT2D eigenvalue weighted by atomic mass is 9.72. The number of aromatic nitrogens is 1. The molecule has 2 aromatic heterocycles. The summed E-state index contributed by atoms with van der Waals surface area (Å²) >= 11 is 2.88.